The zero-order valence-corrected chi connectivity index (χ0v) is 13.5. The number of hydrogen-bond donors (Lipinski definition) is 1. The molecule has 0 spiro atoms. The zero-order chi connectivity index (χ0) is 17.2. The molecular weight excluding hydrogens is 319 g/mol. The van der Waals surface area contributed by atoms with Crippen LogP contribution in [0.2, 0.25) is 0 Å². The first-order chi connectivity index (χ1) is 11.4. The predicted molar refractivity (Wildman–Crippen MR) is 86.0 cm³/mol. The van der Waals surface area contributed by atoms with Gasteiger partial charge in [-0.3, -0.25) is 0 Å². The van der Waals surface area contributed by atoms with Crippen molar-refractivity contribution in [3.63, 3.8) is 0 Å². The second kappa shape index (κ2) is 6.91. The molecule has 132 valence electrons. The van der Waals surface area contributed by atoms with Crippen LogP contribution in [0.15, 0.2) is 24.3 Å². The van der Waals surface area contributed by atoms with Crippen LogP contribution in [-0.2, 0) is 6.18 Å². The van der Waals surface area contributed by atoms with Gasteiger partial charge in [-0.05, 0) is 31.0 Å². The quantitative estimate of drug-likeness (QED) is 0.894. The van der Waals surface area contributed by atoms with Gasteiger partial charge < -0.3 is 15.1 Å². The van der Waals surface area contributed by atoms with Gasteiger partial charge >= 0.3 is 12.2 Å². The molecule has 1 aliphatic heterocycles. The topological polar surface area (TPSA) is 35.6 Å². The van der Waals surface area contributed by atoms with Gasteiger partial charge in [0.1, 0.15) is 0 Å². The number of carbonyl (C=O) groups is 1. The average Bonchev–Trinajstić information content (AvgIpc) is 3.07. The van der Waals surface area contributed by atoms with Gasteiger partial charge in [0, 0.05) is 37.9 Å². The van der Waals surface area contributed by atoms with Crippen molar-refractivity contribution in [2.24, 2.45) is 0 Å². The number of anilines is 1. The monoisotopic (exact) mass is 341 g/mol. The molecule has 2 aliphatic rings. The Kier molecular flexibility index (Phi) is 4.87. The Bertz CT molecular complexity index is 577. The van der Waals surface area contributed by atoms with E-state index in [1.54, 1.807) is 11.0 Å². The summed E-state index contributed by atoms with van der Waals surface area (Å²) < 4.78 is 38.5. The first-order valence-corrected chi connectivity index (χ1v) is 8.41. The van der Waals surface area contributed by atoms with Crippen LogP contribution in [0.5, 0.6) is 0 Å². The number of nitrogens with one attached hydrogen (secondary N) is 1. The van der Waals surface area contributed by atoms with Gasteiger partial charge in [0.05, 0.1) is 5.56 Å². The van der Waals surface area contributed by atoms with Crippen LogP contribution in [0.4, 0.5) is 23.7 Å². The predicted octanol–water partition coefficient (Wildman–Crippen LogP) is 3.48. The van der Waals surface area contributed by atoms with Gasteiger partial charge in [-0.2, -0.15) is 13.2 Å². The maximum Gasteiger partial charge on any atom is 0.416 e. The number of urea groups is 1. The Balaban J connectivity index is 1.56. The number of rotatable bonds is 2. The minimum Gasteiger partial charge on any atom is -0.368 e. The Morgan fingerprint density at radius 1 is 1.08 bits per heavy atom. The molecule has 0 atom stereocenters. The van der Waals surface area contributed by atoms with Crippen LogP contribution in [0.3, 0.4) is 0 Å². The fourth-order valence-electron chi connectivity index (χ4n) is 3.38. The van der Waals surface area contributed by atoms with Crippen molar-refractivity contribution >= 4 is 11.7 Å². The van der Waals surface area contributed by atoms with E-state index >= 15 is 0 Å². The highest BCUT2D eigenvalue weighted by Crippen LogP contribution is 2.31. The summed E-state index contributed by atoms with van der Waals surface area (Å²) >= 11 is 0. The second-order valence-electron chi connectivity index (χ2n) is 6.45. The molecule has 3 rings (SSSR count). The lowest BCUT2D eigenvalue weighted by Gasteiger charge is -2.36. The molecule has 0 radical (unpaired) electrons. The summed E-state index contributed by atoms with van der Waals surface area (Å²) in [6.07, 6.45) is 0.0629. The average molecular weight is 341 g/mol. The molecule has 1 heterocycles. The molecule has 7 heteroatoms. The van der Waals surface area contributed by atoms with Gasteiger partial charge in [0.2, 0.25) is 0 Å². The Hall–Kier alpha value is -1.92. The first kappa shape index (κ1) is 16.9. The van der Waals surface area contributed by atoms with Crippen LogP contribution in [0.1, 0.15) is 31.2 Å². The van der Waals surface area contributed by atoms with E-state index in [4.69, 9.17) is 0 Å². The third-order valence-electron chi connectivity index (χ3n) is 4.79. The number of carbonyl (C=O) groups excluding carboxylic acids is 1. The third kappa shape index (κ3) is 3.94. The molecule has 0 bridgehead atoms. The molecule has 1 N–H and O–H groups in total. The van der Waals surface area contributed by atoms with E-state index in [2.05, 4.69) is 5.32 Å². The van der Waals surface area contributed by atoms with Crippen molar-refractivity contribution in [1.29, 1.82) is 0 Å². The maximum absolute atomic E-state index is 12.8. The lowest BCUT2D eigenvalue weighted by atomic mass is 10.1. The number of nitrogens with zero attached hydrogens (tertiary/aromatic N) is 2. The van der Waals surface area contributed by atoms with Crippen molar-refractivity contribution in [2.75, 3.05) is 31.1 Å². The highest BCUT2D eigenvalue weighted by molar-refractivity contribution is 5.75. The summed E-state index contributed by atoms with van der Waals surface area (Å²) in [7, 11) is 0. The normalized spacial score (nSPS) is 19.6. The van der Waals surface area contributed by atoms with E-state index in [1.807, 2.05) is 4.90 Å². The van der Waals surface area contributed by atoms with Crippen LogP contribution >= 0.6 is 0 Å². The second-order valence-corrected chi connectivity index (χ2v) is 6.45. The third-order valence-corrected chi connectivity index (χ3v) is 4.79. The molecule has 1 saturated carbocycles. The molecule has 24 heavy (non-hydrogen) atoms. The van der Waals surface area contributed by atoms with Gasteiger partial charge in [-0.25, -0.2) is 4.79 Å². The summed E-state index contributed by atoms with van der Waals surface area (Å²) in [5, 5.41) is 3.05. The van der Waals surface area contributed by atoms with E-state index in [0.717, 1.165) is 31.7 Å². The van der Waals surface area contributed by atoms with Gasteiger partial charge in [-0.1, -0.05) is 18.9 Å². The molecule has 4 nitrogen and oxygen atoms in total. The maximum atomic E-state index is 12.8. The van der Waals surface area contributed by atoms with E-state index in [9.17, 15) is 18.0 Å². The molecule has 1 aromatic carbocycles. The summed E-state index contributed by atoms with van der Waals surface area (Å²) in [5.41, 5.74) is -0.0814. The smallest absolute Gasteiger partial charge is 0.368 e. The SMILES string of the molecule is O=C(NC1CCCC1)N1CCN(c2cccc(C(F)(F)F)c2)CC1. The van der Waals surface area contributed by atoms with Crippen molar-refractivity contribution in [2.45, 2.75) is 37.9 Å². The number of halogens is 3. The van der Waals surface area contributed by atoms with Gasteiger partial charge in [0.15, 0.2) is 0 Å². The van der Waals surface area contributed by atoms with Crippen molar-refractivity contribution in [1.82, 2.24) is 10.2 Å². The van der Waals surface area contributed by atoms with Crippen LogP contribution in [0.25, 0.3) is 0 Å². The lowest BCUT2D eigenvalue weighted by molar-refractivity contribution is -0.137. The van der Waals surface area contributed by atoms with Crippen LogP contribution < -0.4 is 10.2 Å². The fraction of sp³-hybridized carbons (Fsp3) is 0.588. The van der Waals surface area contributed by atoms with Crippen molar-refractivity contribution in [3.8, 4) is 0 Å². The number of hydrogen-bond acceptors (Lipinski definition) is 2. The molecule has 2 amide bonds. The zero-order valence-electron chi connectivity index (χ0n) is 13.5. The highest BCUT2D eigenvalue weighted by Gasteiger charge is 2.31. The molecule has 0 aromatic heterocycles. The van der Waals surface area contributed by atoms with Crippen molar-refractivity contribution < 1.29 is 18.0 Å². The van der Waals surface area contributed by atoms with E-state index < -0.39 is 11.7 Å². The summed E-state index contributed by atoms with van der Waals surface area (Å²) in [5.74, 6) is 0. The van der Waals surface area contributed by atoms with Crippen molar-refractivity contribution in [3.05, 3.63) is 29.8 Å². The molecule has 1 aliphatic carbocycles. The summed E-state index contributed by atoms with van der Waals surface area (Å²) in [6.45, 7) is 2.13. The standard InChI is InChI=1S/C17H22F3N3O/c18-17(19,20)13-4-3-7-15(12-13)22-8-10-23(11-9-22)16(24)21-14-5-1-2-6-14/h3-4,7,12,14H,1-2,5-6,8-11H2,(H,21,24). The Morgan fingerprint density at radius 3 is 2.38 bits per heavy atom. The molecule has 2 fully saturated rings. The number of alkyl halides is 3. The van der Waals surface area contributed by atoms with Gasteiger partial charge in [-0.15, -0.1) is 0 Å². The molecule has 1 aromatic rings. The largest absolute Gasteiger partial charge is 0.416 e. The minimum absolute atomic E-state index is 0.0504. The van der Waals surface area contributed by atoms with E-state index in [-0.39, 0.29) is 12.1 Å². The first-order valence-electron chi connectivity index (χ1n) is 8.41. The Labute approximate surface area is 139 Å². The molecular formula is C17H22F3N3O. The summed E-state index contributed by atoms with van der Waals surface area (Å²) in [4.78, 5) is 15.9. The molecule has 1 saturated heterocycles. The number of amides is 2. The molecule has 0 unspecified atom stereocenters. The van der Waals surface area contributed by atoms with Crippen LogP contribution in [0, 0.1) is 0 Å². The van der Waals surface area contributed by atoms with Gasteiger partial charge in [0.25, 0.3) is 0 Å². The highest BCUT2D eigenvalue weighted by atomic mass is 19.4. The lowest BCUT2D eigenvalue weighted by Crippen LogP contribution is -2.53. The van der Waals surface area contributed by atoms with E-state index in [0.29, 0.717) is 31.9 Å². The summed E-state index contributed by atoms with van der Waals surface area (Å²) in [6, 6.07) is 5.59. The number of benzene rings is 1. The number of piperazine rings is 1. The fourth-order valence-corrected chi connectivity index (χ4v) is 3.38. The van der Waals surface area contributed by atoms with E-state index in [1.165, 1.54) is 12.1 Å². The minimum atomic E-state index is -4.33. The van der Waals surface area contributed by atoms with Crippen LogP contribution in [-0.4, -0.2) is 43.2 Å². The Morgan fingerprint density at radius 2 is 1.75 bits per heavy atom.